The molecule has 5 aromatic rings. The summed E-state index contributed by atoms with van der Waals surface area (Å²) in [7, 11) is 1.63. The summed E-state index contributed by atoms with van der Waals surface area (Å²) < 4.78 is 22.7. The number of nitrogen functional groups attached to an aromatic ring is 1. The molecule has 0 aliphatic heterocycles. The first-order valence-electron chi connectivity index (χ1n) is 11.7. The summed E-state index contributed by atoms with van der Waals surface area (Å²) in [4.78, 5) is 26.9. The Morgan fingerprint density at radius 2 is 1.97 bits per heavy atom. The van der Waals surface area contributed by atoms with E-state index in [-0.39, 0.29) is 17.0 Å². The van der Waals surface area contributed by atoms with Crippen LogP contribution in [0.4, 0.5) is 10.2 Å². The summed E-state index contributed by atoms with van der Waals surface area (Å²) in [6.07, 6.45) is 3.14. The van der Waals surface area contributed by atoms with Crippen molar-refractivity contribution in [1.29, 1.82) is 0 Å². The lowest BCUT2D eigenvalue weighted by atomic mass is 10.1. The van der Waals surface area contributed by atoms with Crippen LogP contribution in [-0.2, 0) is 0 Å². The van der Waals surface area contributed by atoms with Gasteiger partial charge in [0.1, 0.15) is 41.3 Å². The van der Waals surface area contributed by atoms with E-state index in [2.05, 4.69) is 9.97 Å². The lowest BCUT2D eigenvalue weighted by Crippen LogP contribution is -2.28. The number of nitrogens with zero attached hydrogens (tertiary/aromatic N) is 6. The van der Waals surface area contributed by atoms with E-state index in [0.717, 1.165) is 29.7 Å². The van der Waals surface area contributed by atoms with Crippen molar-refractivity contribution in [2.24, 2.45) is 0 Å². The Morgan fingerprint density at radius 3 is 2.69 bits per heavy atom. The first-order chi connectivity index (χ1) is 17.4. The number of rotatable bonds is 5. The molecule has 36 heavy (non-hydrogen) atoms. The number of hydrogen-bond donors (Lipinski definition) is 1. The Bertz CT molecular complexity index is 1720. The van der Waals surface area contributed by atoms with Crippen molar-refractivity contribution in [3.05, 3.63) is 70.3 Å². The molecule has 0 bridgehead atoms. The summed E-state index contributed by atoms with van der Waals surface area (Å²) in [5, 5.41) is 5.81. The molecule has 10 heteroatoms. The SMILES string of the molecule is COc1ccc(-c2nn(C(C)c3nc4ccc(F)cc4c(=O)n3C3CC3)c3ncnc(N)c23)cc1C. The average molecular weight is 486 g/mol. The molecule has 0 saturated heterocycles. The molecular formula is C26H24FN7O2. The Hall–Kier alpha value is -4.34. The number of fused-ring (bicyclic) bond motifs is 2. The van der Waals surface area contributed by atoms with Crippen LogP contribution in [0.1, 0.15) is 43.2 Å². The largest absolute Gasteiger partial charge is 0.496 e. The highest BCUT2D eigenvalue weighted by Gasteiger charge is 2.32. The number of aromatic nitrogens is 6. The maximum absolute atomic E-state index is 13.9. The van der Waals surface area contributed by atoms with E-state index in [1.807, 2.05) is 32.0 Å². The average Bonchev–Trinajstić information content (AvgIpc) is 3.63. The minimum absolute atomic E-state index is 0.0281. The van der Waals surface area contributed by atoms with E-state index in [1.165, 1.54) is 24.5 Å². The maximum Gasteiger partial charge on any atom is 0.261 e. The van der Waals surface area contributed by atoms with Crippen molar-refractivity contribution in [2.75, 3.05) is 12.8 Å². The molecule has 2 aromatic carbocycles. The molecule has 1 aliphatic carbocycles. The van der Waals surface area contributed by atoms with Crippen molar-refractivity contribution >= 4 is 27.8 Å². The third-order valence-corrected chi connectivity index (χ3v) is 6.73. The van der Waals surface area contributed by atoms with Gasteiger partial charge in [-0.05, 0) is 68.7 Å². The van der Waals surface area contributed by atoms with Crippen LogP contribution in [0.3, 0.4) is 0 Å². The predicted octanol–water partition coefficient (Wildman–Crippen LogP) is 4.19. The van der Waals surface area contributed by atoms with E-state index >= 15 is 0 Å². The van der Waals surface area contributed by atoms with Crippen molar-refractivity contribution in [3.8, 4) is 17.0 Å². The first kappa shape index (κ1) is 22.1. The molecule has 3 aromatic heterocycles. The highest BCUT2D eigenvalue weighted by molar-refractivity contribution is 5.98. The molecule has 2 N–H and O–H groups in total. The molecule has 0 spiro atoms. The summed E-state index contributed by atoms with van der Waals surface area (Å²) in [5.74, 6) is 1.16. The standard InChI is InChI=1S/C26H24FN7O2/c1-13-10-15(4-9-20(13)36-3)22-21-23(28)29-12-30-25(21)34(32-22)14(2)24-31-19-8-5-16(27)11-18(19)26(35)33(24)17-6-7-17/h4-5,8-12,14,17H,6-7H2,1-3H3,(H2,28,29,30). The number of benzene rings is 2. The fraction of sp³-hybridized carbons (Fsp3) is 0.269. The van der Waals surface area contributed by atoms with E-state index in [4.69, 9.17) is 20.6 Å². The minimum atomic E-state index is -0.464. The molecule has 1 fully saturated rings. The van der Waals surface area contributed by atoms with Gasteiger partial charge in [-0.3, -0.25) is 9.36 Å². The van der Waals surface area contributed by atoms with Crippen LogP contribution in [0.15, 0.2) is 47.5 Å². The molecule has 6 rings (SSSR count). The van der Waals surface area contributed by atoms with Crippen LogP contribution >= 0.6 is 0 Å². The zero-order valence-electron chi connectivity index (χ0n) is 20.1. The number of methoxy groups -OCH3 is 1. The molecule has 182 valence electrons. The molecule has 1 saturated carbocycles. The van der Waals surface area contributed by atoms with Gasteiger partial charge in [0.05, 0.1) is 23.4 Å². The van der Waals surface area contributed by atoms with E-state index < -0.39 is 11.9 Å². The van der Waals surface area contributed by atoms with Gasteiger partial charge in [-0.2, -0.15) is 5.10 Å². The lowest BCUT2D eigenvalue weighted by molar-refractivity contribution is 0.412. The minimum Gasteiger partial charge on any atom is -0.496 e. The highest BCUT2D eigenvalue weighted by Crippen LogP contribution is 2.38. The van der Waals surface area contributed by atoms with Gasteiger partial charge in [0.15, 0.2) is 5.65 Å². The van der Waals surface area contributed by atoms with Crippen molar-refractivity contribution < 1.29 is 9.13 Å². The topological polar surface area (TPSA) is 114 Å². The molecule has 9 nitrogen and oxygen atoms in total. The predicted molar refractivity (Wildman–Crippen MR) is 135 cm³/mol. The Labute approximate surface area is 205 Å². The second-order valence-corrected chi connectivity index (χ2v) is 9.15. The number of halogens is 1. The maximum atomic E-state index is 13.9. The molecule has 1 aliphatic rings. The Kier molecular flexibility index (Phi) is 4.99. The van der Waals surface area contributed by atoms with E-state index in [1.54, 1.807) is 16.4 Å². The zero-order chi connectivity index (χ0) is 25.1. The van der Waals surface area contributed by atoms with Crippen molar-refractivity contribution in [3.63, 3.8) is 0 Å². The van der Waals surface area contributed by atoms with Crippen LogP contribution in [0, 0.1) is 12.7 Å². The summed E-state index contributed by atoms with van der Waals surface area (Å²) in [6.45, 7) is 3.88. The van der Waals surface area contributed by atoms with Crippen molar-refractivity contribution in [1.82, 2.24) is 29.3 Å². The summed E-state index contributed by atoms with van der Waals surface area (Å²) in [5.41, 5.74) is 9.45. The van der Waals surface area contributed by atoms with Crippen LogP contribution in [-0.4, -0.2) is 36.4 Å². The van der Waals surface area contributed by atoms with Gasteiger partial charge in [-0.1, -0.05) is 0 Å². The molecule has 3 heterocycles. The number of ether oxygens (including phenoxy) is 1. The number of nitrogens with two attached hydrogens (primary N) is 1. The summed E-state index contributed by atoms with van der Waals surface area (Å²) in [6, 6.07) is 9.44. The Morgan fingerprint density at radius 1 is 1.17 bits per heavy atom. The fourth-order valence-electron chi connectivity index (χ4n) is 4.77. The number of aryl methyl sites for hydroxylation is 1. The second kappa shape index (κ2) is 8.11. The third-order valence-electron chi connectivity index (χ3n) is 6.73. The molecule has 1 atom stereocenters. The number of hydrogen-bond acceptors (Lipinski definition) is 7. The Balaban J connectivity index is 1.58. The van der Waals surface area contributed by atoms with Crippen LogP contribution in [0.2, 0.25) is 0 Å². The smallest absolute Gasteiger partial charge is 0.261 e. The normalized spacial score (nSPS) is 14.4. The van der Waals surface area contributed by atoms with Gasteiger partial charge in [0.2, 0.25) is 0 Å². The third kappa shape index (κ3) is 3.40. The molecular weight excluding hydrogens is 461 g/mol. The van der Waals surface area contributed by atoms with Gasteiger partial charge < -0.3 is 10.5 Å². The monoisotopic (exact) mass is 485 g/mol. The zero-order valence-corrected chi connectivity index (χ0v) is 20.1. The summed E-state index contributed by atoms with van der Waals surface area (Å²) >= 11 is 0. The van der Waals surface area contributed by atoms with Gasteiger partial charge in [-0.15, -0.1) is 0 Å². The van der Waals surface area contributed by atoms with Gasteiger partial charge in [0.25, 0.3) is 5.56 Å². The molecule has 1 unspecified atom stereocenters. The van der Waals surface area contributed by atoms with Crippen LogP contribution < -0.4 is 16.0 Å². The van der Waals surface area contributed by atoms with Crippen LogP contribution in [0.25, 0.3) is 33.2 Å². The highest BCUT2D eigenvalue weighted by atomic mass is 19.1. The molecule has 0 amide bonds. The van der Waals surface area contributed by atoms with Gasteiger partial charge in [0, 0.05) is 11.6 Å². The fourth-order valence-corrected chi connectivity index (χ4v) is 4.77. The second-order valence-electron chi connectivity index (χ2n) is 9.15. The molecule has 0 radical (unpaired) electrons. The van der Waals surface area contributed by atoms with Gasteiger partial charge >= 0.3 is 0 Å². The number of anilines is 1. The van der Waals surface area contributed by atoms with Crippen LogP contribution in [0.5, 0.6) is 5.75 Å². The first-order valence-corrected chi connectivity index (χ1v) is 11.7. The lowest BCUT2D eigenvalue weighted by Gasteiger charge is -2.19. The van der Waals surface area contributed by atoms with E-state index in [9.17, 15) is 9.18 Å². The quantitative estimate of drug-likeness (QED) is 0.397. The van der Waals surface area contributed by atoms with Gasteiger partial charge in [-0.25, -0.2) is 24.0 Å². The van der Waals surface area contributed by atoms with Crippen molar-refractivity contribution in [2.45, 2.75) is 38.8 Å². The van der Waals surface area contributed by atoms with E-state index in [0.29, 0.717) is 33.9 Å².